The molecule has 3 aromatic rings. The number of aromatic nitrogens is 3. The van der Waals surface area contributed by atoms with E-state index in [9.17, 15) is 0 Å². The molecule has 7 heteroatoms. The zero-order chi connectivity index (χ0) is 14.9. The van der Waals surface area contributed by atoms with Gasteiger partial charge in [-0.1, -0.05) is 28.2 Å². The molecule has 114 valence electrons. The molecule has 2 aromatic heterocycles. The lowest BCUT2D eigenvalue weighted by atomic mass is 9.97. The fraction of sp³-hybridized carbons (Fsp3) is 0.400. The van der Waals surface area contributed by atoms with Crippen LogP contribution in [-0.2, 0) is 6.54 Å². The number of nitrogens with zero attached hydrogens (tertiary/aromatic N) is 4. The van der Waals surface area contributed by atoms with Gasteiger partial charge in [0.15, 0.2) is 11.5 Å². The molecular weight excluding hydrogens is 320 g/mol. The normalized spacial score (nSPS) is 17.3. The summed E-state index contributed by atoms with van der Waals surface area (Å²) in [5, 5.41) is 4.08. The Labute approximate surface area is 137 Å². The third-order valence-electron chi connectivity index (χ3n) is 4.13. The van der Waals surface area contributed by atoms with Gasteiger partial charge in [-0.3, -0.25) is 4.90 Å². The Kier molecular flexibility index (Phi) is 3.82. The minimum atomic E-state index is 0.396. The standard InChI is InChI=1S/C15H15ClN4OS/c16-14-12(18-19-22-14)9-20-7-5-10(6-8-20)15-17-11-3-1-2-4-13(11)21-15/h1-4,10H,5-9H2. The van der Waals surface area contributed by atoms with Gasteiger partial charge in [0, 0.05) is 24.0 Å². The Balaban J connectivity index is 1.42. The molecule has 0 amide bonds. The Bertz CT molecular complexity index is 746. The first-order valence-corrected chi connectivity index (χ1v) is 8.49. The largest absolute Gasteiger partial charge is 0.440 e. The van der Waals surface area contributed by atoms with Crippen molar-refractivity contribution >= 4 is 34.2 Å². The Morgan fingerprint density at radius 2 is 2.09 bits per heavy atom. The van der Waals surface area contributed by atoms with Crippen LogP contribution in [-0.4, -0.2) is 32.6 Å². The summed E-state index contributed by atoms with van der Waals surface area (Å²) in [6, 6.07) is 7.93. The molecule has 4 rings (SSSR count). The summed E-state index contributed by atoms with van der Waals surface area (Å²) < 4.78 is 10.5. The van der Waals surface area contributed by atoms with Crippen LogP contribution in [0.15, 0.2) is 28.7 Å². The maximum atomic E-state index is 6.07. The van der Waals surface area contributed by atoms with Crippen LogP contribution in [0.4, 0.5) is 0 Å². The highest BCUT2D eigenvalue weighted by molar-refractivity contribution is 7.10. The van der Waals surface area contributed by atoms with Crippen molar-refractivity contribution in [2.24, 2.45) is 0 Å². The minimum Gasteiger partial charge on any atom is -0.440 e. The van der Waals surface area contributed by atoms with Crippen LogP contribution < -0.4 is 0 Å². The third-order valence-corrected chi connectivity index (χ3v) is 5.11. The molecule has 0 bridgehead atoms. The van der Waals surface area contributed by atoms with Crippen molar-refractivity contribution in [3.05, 3.63) is 40.2 Å². The van der Waals surface area contributed by atoms with E-state index in [4.69, 9.17) is 16.0 Å². The third kappa shape index (κ3) is 2.74. The SMILES string of the molecule is Clc1snnc1CN1CCC(c2nc3ccccc3o2)CC1. The average molecular weight is 335 g/mol. The molecule has 1 fully saturated rings. The second kappa shape index (κ2) is 5.95. The maximum absolute atomic E-state index is 6.07. The fourth-order valence-corrected chi connectivity index (χ4v) is 3.52. The number of para-hydroxylation sites is 2. The summed E-state index contributed by atoms with van der Waals surface area (Å²) in [5.41, 5.74) is 2.70. The molecule has 0 aliphatic carbocycles. The van der Waals surface area contributed by atoms with E-state index in [0.717, 1.165) is 55.2 Å². The predicted molar refractivity (Wildman–Crippen MR) is 86.2 cm³/mol. The number of piperidine rings is 1. The van der Waals surface area contributed by atoms with Gasteiger partial charge < -0.3 is 4.42 Å². The zero-order valence-corrected chi connectivity index (χ0v) is 13.5. The smallest absolute Gasteiger partial charge is 0.198 e. The molecule has 0 radical (unpaired) electrons. The van der Waals surface area contributed by atoms with Gasteiger partial charge in [-0.25, -0.2) is 4.98 Å². The predicted octanol–water partition coefficient (Wildman–Crippen LogP) is 3.71. The van der Waals surface area contributed by atoms with Gasteiger partial charge >= 0.3 is 0 Å². The van der Waals surface area contributed by atoms with Crippen LogP contribution in [0.5, 0.6) is 0 Å². The van der Waals surface area contributed by atoms with Gasteiger partial charge in [-0.05, 0) is 38.1 Å². The quantitative estimate of drug-likeness (QED) is 0.730. The van der Waals surface area contributed by atoms with Gasteiger partial charge in [0.05, 0.1) is 0 Å². The van der Waals surface area contributed by atoms with E-state index in [0.29, 0.717) is 10.3 Å². The number of likely N-dealkylation sites (tertiary alicyclic amines) is 1. The minimum absolute atomic E-state index is 0.396. The Morgan fingerprint density at radius 1 is 1.27 bits per heavy atom. The van der Waals surface area contributed by atoms with Crippen LogP contribution in [0.1, 0.15) is 30.3 Å². The summed E-state index contributed by atoms with van der Waals surface area (Å²) in [7, 11) is 0. The molecule has 1 aliphatic rings. The monoisotopic (exact) mass is 334 g/mol. The lowest BCUT2D eigenvalue weighted by Crippen LogP contribution is -2.32. The Morgan fingerprint density at radius 3 is 2.82 bits per heavy atom. The van der Waals surface area contributed by atoms with Crippen LogP contribution >= 0.6 is 23.1 Å². The summed E-state index contributed by atoms with van der Waals surface area (Å²) in [4.78, 5) is 6.99. The molecule has 1 saturated heterocycles. The van der Waals surface area contributed by atoms with Crippen molar-refractivity contribution in [1.29, 1.82) is 0 Å². The molecular formula is C15H15ClN4OS. The van der Waals surface area contributed by atoms with E-state index in [1.54, 1.807) is 0 Å². The molecule has 3 heterocycles. The molecule has 1 aromatic carbocycles. The van der Waals surface area contributed by atoms with E-state index >= 15 is 0 Å². The molecule has 1 aliphatic heterocycles. The fourth-order valence-electron chi connectivity index (χ4n) is 2.91. The summed E-state index contributed by atoms with van der Waals surface area (Å²) >= 11 is 7.32. The first kappa shape index (κ1) is 14.1. The lowest BCUT2D eigenvalue weighted by Gasteiger charge is -2.29. The molecule has 0 unspecified atom stereocenters. The van der Waals surface area contributed by atoms with Crippen molar-refractivity contribution < 1.29 is 4.42 Å². The molecule has 0 N–H and O–H groups in total. The summed E-state index contributed by atoms with van der Waals surface area (Å²) in [5.74, 6) is 1.27. The summed E-state index contributed by atoms with van der Waals surface area (Å²) in [6.45, 7) is 2.77. The van der Waals surface area contributed by atoms with Crippen molar-refractivity contribution in [2.45, 2.75) is 25.3 Å². The highest BCUT2D eigenvalue weighted by Crippen LogP contribution is 2.30. The highest BCUT2D eigenvalue weighted by Gasteiger charge is 2.25. The van der Waals surface area contributed by atoms with Gasteiger partial charge in [0.1, 0.15) is 15.5 Å². The first-order chi connectivity index (χ1) is 10.8. The van der Waals surface area contributed by atoms with Crippen molar-refractivity contribution in [3.8, 4) is 0 Å². The second-order valence-corrected chi connectivity index (χ2v) is 6.92. The number of rotatable bonds is 3. The number of fused-ring (bicyclic) bond motifs is 1. The van der Waals surface area contributed by atoms with E-state index in [1.165, 1.54) is 11.5 Å². The number of oxazole rings is 1. The maximum Gasteiger partial charge on any atom is 0.198 e. The van der Waals surface area contributed by atoms with Crippen LogP contribution in [0.3, 0.4) is 0 Å². The van der Waals surface area contributed by atoms with Crippen molar-refractivity contribution in [3.63, 3.8) is 0 Å². The van der Waals surface area contributed by atoms with Crippen molar-refractivity contribution in [1.82, 2.24) is 19.5 Å². The zero-order valence-electron chi connectivity index (χ0n) is 11.9. The molecule has 5 nitrogen and oxygen atoms in total. The van der Waals surface area contributed by atoms with Gasteiger partial charge in [-0.15, -0.1) is 5.10 Å². The number of hydrogen-bond acceptors (Lipinski definition) is 6. The number of benzene rings is 1. The molecule has 0 saturated carbocycles. The van der Waals surface area contributed by atoms with E-state index in [2.05, 4.69) is 19.5 Å². The van der Waals surface area contributed by atoms with Gasteiger partial charge in [0.2, 0.25) is 0 Å². The first-order valence-electron chi connectivity index (χ1n) is 7.34. The van der Waals surface area contributed by atoms with Crippen LogP contribution in [0.25, 0.3) is 11.1 Å². The average Bonchev–Trinajstić information content (AvgIpc) is 3.15. The number of halogens is 1. The van der Waals surface area contributed by atoms with Gasteiger partial charge in [-0.2, -0.15) is 0 Å². The summed E-state index contributed by atoms with van der Waals surface area (Å²) in [6.07, 6.45) is 2.09. The molecule has 0 atom stereocenters. The van der Waals surface area contributed by atoms with E-state index in [-0.39, 0.29) is 0 Å². The lowest BCUT2D eigenvalue weighted by molar-refractivity contribution is 0.192. The highest BCUT2D eigenvalue weighted by atomic mass is 35.5. The topological polar surface area (TPSA) is 55.1 Å². The van der Waals surface area contributed by atoms with E-state index in [1.807, 2.05) is 24.3 Å². The van der Waals surface area contributed by atoms with Crippen LogP contribution in [0.2, 0.25) is 4.34 Å². The Hall–Kier alpha value is -1.50. The van der Waals surface area contributed by atoms with Crippen molar-refractivity contribution in [2.75, 3.05) is 13.1 Å². The van der Waals surface area contributed by atoms with E-state index < -0.39 is 0 Å². The number of hydrogen-bond donors (Lipinski definition) is 0. The van der Waals surface area contributed by atoms with Gasteiger partial charge in [0.25, 0.3) is 0 Å². The molecule has 22 heavy (non-hydrogen) atoms. The second-order valence-electron chi connectivity index (χ2n) is 5.56. The van der Waals surface area contributed by atoms with Crippen LogP contribution in [0, 0.1) is 0 Å². The molecule has 0 spiro atoms.